The number of benzene rings is 2. The summed E-state index contributed by atoms with van der Waals surface area (Å²) in [5.41, 5.74) is 1.16. The first-order valence-electron chi connectivity index (χ1n) is 7.64. The van der Waals surface area contributed by atoms with E-state index in [1.165, 1.54) is 10.1 Å². The number of hydrogen-bond donors (Lipinski definition) is 0. The Balaban J connectivity index is 1.63. The van der Waals surface area contributed by atoms with Crippen LogP contribution in [0.25, 0.3) is 10.1 Å². The van der Waals surface area contributed by atoms with Gasteiger partial charge in [0.15, 0.2) is 18.1 Å². The molecule has 0 bridgehead atoms. The van der Waals surface area contributed by atoms with Crippen LogP contribution in [0.2, 0.25) is 0 Å². The molecule has 24 heavy (non-hydrogen) atoms. The topological polar surface area (TPSA) is 38.8 Å². The maximum absolute atomic E-state index is 12.3. The first kappa shape index (κ1) is 16.3. The second-order valence-corrected chi connectivity index (χ2v) is 6.36. The number of nitrogens with zero attached hydrogens (tertiary/aromatic N) is 1. The molecule has 2 aromatic carbocycles. The highest BCUT2D eigenvalue weighted by Gasteiger charge is 2.13. The van der Waals surface area contributed by atoms with Crippen LogP contribution in [0.5, 0.6) is 11.5 Å². The number of ether oxygens (including phenoxy) is 2. The van der Waals surface area contributed by atoms with Gasteiger partial charge in [0.05, 0.1) is 7.11 Å². The highest BCUT2D eigenvalue weighted by molar-refractivity contribution is 7.17. The Morgan fingerprint density at radius 2 is 1.79 bits per heavy atom. The normalized spacial score (nSPS) is 10.6. The molecular formula is C19H19NO3S. The average molecular weight is 341 g/mol. The van der Waals surface area contributed by atoms with Gasteiger partial charge in [0, 0.05) is 18.3 Å². The number of para-hydroxylation sites is 2. The molecule has 0 aliphatic rings. The van der Waals surface area contributed by atoms with Crippen LogP contribution in [-0.2, 0) is 11.3 Å². The summed E-state index contributed by atoms with van der Waals surface area (Å²) in [6.07, 6.45) is 0. The zero-order valence-corrected chi connectivity index (χ0v) is 14.5. The van der Waals surface area contributed by atoms with Gasteiger partial charge in [-0.15, -0.1) is 11.3 Å². The van der Waals surface area contributed by atoms with E-state index in [-0.39, 0.29) is 12.5 Å². The summed E-state index contributed by atoms with van der Waals surface area (Å²) < 4.78 is 12.1. The van der Waals surface area contributed by atoms with Crippen molar-refractivity contribution in [1.82, 2.24) is 4.90 Å². The Morgan fingerprint density at radius 3 is 2.58 bits per heavy atom. The lowest BCUT2D eigenvalue weighted by Gasteiger charge is -2.18. The third-order valence-corrected chi connectivity index (χ3v) is 4.83. The van der Waals surface area contributed by atoms with Gasteiger partial charge in [0.25, 0.3) is 5.91 Å². The van der Waals surface area contributed by atoms with E-state index in [1.54, 1.807) is 42.5 Å². The third-order valence-electron chi connectivity index (χ3n) is 3.81. The molecule has 124 valence electrons. The van der Waals surface area contributed by atoms with Crippen molar-refractivity contribution in [2.45, 2.75) is 6.54 Å². The standard InChI is InChI=1S/C19H19NO3S/c1-20(11-14-13-24-18-10-6-3-7-15(14)18)19(21)12-23-17-9-5-4-8-16(17)22-2/h3-10,13H,11-12H2,1-2H3. The molecule has 1 amide bonds. The highest BCUT2D eigenvalue weighted by atomic mass is 32.1. The predicted molar refractivity (Wildman–Crippen MR) is 96.8 cm³/mol. The number of carbonyl (C=O) groups is 1. The summed E-state index contributed by atoms with van der Waals surface area (Å²) in [7, 11) is 3.37. The van der Waals surface area contributed by atoms with Gasteiger partial charge >= 0.3 is 0 Å². The number of rotatable bonds is 6. The second-order valence-electron chi connectivity index (χ2n) is 5.45. The lowest BCUT2D eigenvalue weighted by molar-refractivity contribution is -0.132. The minimum atomic E-state index is -0.0730. The SMILES string of the molecule is COc1ccccc1OCC(=O)N(C)Cc1csc2ccccc12. The van der Waals surface area contributed by atoms with Gasteiger partial charge in [0.2, 0.25) is 0 Å². The summed E-state index contributed by atoms with van der Waals surface area (Å²) in [6.45, 7) is 0.553. The molecule has 0 fully saturated rings. The van der Waals surface area contributed by atoms with Crippen LogP contribution >= 0.6 is 11.3 Å². The molecule has 0 aliphatic heterocycles. The third kappa shape index (κ3) is 3.51. The van der Waals surface area contributed by atoms with E-state index < -0.39 is 0 Å². The molecule has 4 nitrogen and oxygen atoms in total. The number of hydrogen-bond acceptors (Lipinski definition) is 4. The van der Waals surface area contributed by atoms with Gasteiger partial charge in [0.1, 0.15) is 0 Å². The second kappa shape index (κ2) is 7.36. The van der Waals surface area contributed by atoms with Crippen LogP contribution in [0.4, 0.5) is 0 Å². The van der Waals surface area contributed by atoms with E-state index in [9.17, 15) is 4.79 Å². The molecule has 0 N–H and O–H groups in total. The average Bonchev–Trinajstić information content (AvgIpc) is 3.03. The quantitative estimate of drug-likeness (QED) is 0.681. The fraction of sp³-hybridized carbons (Fsp3) is 0.211. The van der Waals surface area contributed by atoms with Crippen molar-refractivity contribution in [1.29, 1.82) is 0 Å². The summed E-state index contributed by atoms with van der Waals surface area (Å²) >= 11 is 1.70. The van der Waals surface area contributed by atoms with Crippen molar-refractivity contribution in [3.8, 4) is 11.5 Å². The number of carbonyl (C=O) groups excluding carboxylic acids is 1. The lowest BCUT2D eigenvalue weighted by Crippen LogP contribution is -2.30. The van der Waals surface area contributed by atoms with Crippen molar-refractivity contribution in [2.24, 2.45) is 0 Å². The minimum Gasteiger partial charge on any atom is -0.493 e. The zero-order valence-electron chi connectivity index (χ0n) is 13.7. The molecule has 3 aromatic rings. The van der Waals surface area contributed by atoms with Gasteiger partial charge < -0.3 is 14.4 Å². The van der Waals surface area contributed by atoms with Crippen LogP contribution in [0.3, 0.4) is 0 Å². The largest absolute Gasteiger partial charge is 0.493 e. The minimum absolute atomic E-state index is 0.0149. The Morgan fingerprint density at radius 1 is 1.08 bits per heavy atom. The van der Waals surface area contributed by atoms with Gasteiger partial charge in [-0.3, -0.25) is 4.79 Å². The molecular weight excluding hydrogens is 322 g/mol. The van der Waals surface area contributed by atoms with Crippen LogP contribution < -0.4 is 9.47 Å². The van der Waals surface area contributed by atoms with E-state index in [1.807, 2.05) is 24.3 Å². The number of fused-ring (bicyclic) bond motifs is 1. The molecule has 0 atom stereocenters. The van der Waals surface area contributed by atoms with Crippen LogP contribution in [0, 0.1) is 0 Å². The first-order chi connectivity index (χ1) is 11.7. The van der Waals surface area contributed by atoms with Crippen molar-refractivity contribution in [3.63, 3.8) is 0 Å². The molecule has 0 saturated carbocycles. The molecule has 1 aromatic heterocycles. The van der Waals surface area contributed by atoms with Crippen molar-refractivity contribution in [2.75, 3.05) is 20.8 Å². The Labute approximate surface area is 145 Å². The summed E-state index contributed by atoms with van der Waals surface area (Å²) in [5.74, 6) is 1.12. The van der Waals surface area contributed by atoms with E-state index >= 15 is 0 Å². The number of thiophene rings is 1. The molecule has 3 rings (SSSR count). The van der Waals surface area contributed by atoms with Gasteiger partial charge in [-0.2, -0.15) is 0 Å². The highest BCUT2D eigenvalue weighted by Crippen LogP contribution is 2.27. The predicted octanol–water partition coefficient (Wildman–Crippen LogP) is 3.95. The van der Waals surface area contributed by atoms with Crippen molar-refractivity contribution in [3.05, 3.63) is 59.5 Å². The van der Waals surface area contributed by atoms with Crippen molar-refractivity contribution < 1.29 is 14.3 Å². The summed E-state index contributed by atoms with van der Waals surface area (Å²) in [6, 6.07) is 15.5. The van der Waals surface area contributed by atoms with Gasteiger partial charge in [-0.25, -0.2) is 0 Å². The van der Waals surface area contributed by atoms with E-state index in [4.69, 9.17) is 9.47 Å². The van der Waals surface area contributed by atoms with Gasteiger partial charge in [-0.1, -0.05) is 30.3 Å². The summed E-state index contributed by atoms with van der Waals surface area (Å²) in [5, 5.41) is 3.31. The molecule has 5 heteroatoms. The first-order valence-corrected chi connectivity index (χ1v) is 8.52. The molecule has 0 saturated heterocycles. The molecule has 1 heterocycles. The van der Waals surface area contributed by atoms with Crippen LogP contribution in [0.15, 0.2) is 53.9 Å². The fourth-order valence-electron chi connectivity index (χ4n) is 2.49. The summed E-state index contributed by atoms with van der Waals surface area (Å²) in [4.78, 5) is 14.0. The molecule has 0 radical (unpaired) electrons. The van der Waals surface area contributed by atoms with E-state index in [0.29, 0.717) is 18.0 Å². The number of likely N-dealkylation sites (N-methyl/N-ethyl adjacent to an activating group) is 1. The maximum Gasteiger partial charge on any atom is 0.260 e. The van der Waals surface area contributed by atoms with Crippen molar-refractivity contribution >= 4 is 27.3 Å². The molecule has 0 spiro atoms. The number of methoxy groups -OCH3 is 1. The molecule has 0 unspecified atom stereocenters. The Bertz CT molecular complexity index is 843. The van der Waals surface area contributed by atoms with Crippen LogP contribution in [-0.4, -0.2) is 31.6 Å². The van der Waals surface area contributed by atoms with Gasteiger partial charge in [-0.05, 0) is 34.5 Å². The fourth-order valence-corrected chi connectivity index (χ4v) is 3.44. The Kier molecular flexibility index (Phi) is 5.01. The monoisotopic (exact) mass is 341 g/mol. The van der Waals surface area contributed by atoms with E-state index in [2.05, 4.69) is 17.5 Å². The number of amides is 1. The van der Waals surface area contributed by atoms with Crippen LogP contribution in [0.1, 0.15) is 5.56 Å². The lowest BCUT2D eigenvalue weighted by atomic mass is 10.2. The maximum atomic E-state index is 12.3. The molecule has 0 aliphatic carbocycles. The zero-order chi connectivity index (χ0) is 16.9. The van der Waals surface area contributed by atoms with E-state index in [0.717, 1.165) is 5.56 Å². The Hall–Kier alpha value is -2.53. The smallest absolute Gasteiger partial charge is 0.260 e.